The standard InChI is InChI=1S/C14H16N4O2/c1-2-3-11-6-13(18-9-17-11)16-8-10-4-5-12(14(19)20)15-7-10/h4-7,9H,2-3,8H2,1H3,(H,19,20)(H,16,17,18). The summed E-state index contributed by atoms with van der Waals surface area (Å²) in [5.74, 6) is -0.268. The summed E-state index contributed by atoms with van der Waals surface area (Å²) in [5.41, 5.74) is 1.94. The maximum atomic E-state index is 10.7. The first kappa shape index (κ1) is 13.9. The zero-order valence-electron chi connectivity index (χ0n) is 11.2. The van der Waals surface area contributed by atoms with E-state index in [1.807, 2.05) is 6.07 Å². The van der Waals surface area contributed by atoms with Crippen molar-refractivity contribution in [2.45, 2.75) is 26.3 Å². The van der Waals surface area contributed by atoms with Gasteiger partial charge in [0, 0.05) is 24.5 Å². The van der Waals surface area contributed by atoms with Crippen LogP contribution in [0.1, 0.15) is 35.1 Å². The van der Waals surface area contributed by atoms with Crippen LogP contribution in [-0.4, -0.2) is 26.0 Å². The van der Waals surface area contributed by atoms with Gasteiger partial charge in [0.15, 0.2) is 0 Å². The number of aromatic carboxylic acids is 1. The fourth-order valence-electron chi connectivity index (χ4n) is 1.74. The van der Waals surface area contributed by atoms with Crippen LogP contribution in [0.3, 0.4) is 0 Å². The summed E-state index contributed by atoms with van der Waals surface area (Å²) < 4.78 is 0. The molecule has 0 bridgehead atoms. The molecule has 2 rings (SSSR count). The smallest absolute Gasteiger partial charge is 0.354 e. The third kappa shape index (κ3) is 3.74. The van der Waals surface area contributed by atoms with Crippen molar-refractivity contribution in [2.75, 3.05) is 5.32 Å². The highest BCUT2D eigenvalue weighted by Crippen LogP contribution is 2.08. The van der Waals surface area contributed by atoms with Gasteiger partial charge in [-0.15, -0.1) is 0 Å². The minimum Gasteiger partial charge on any atom is -0.477 e. The fraction of sp³-hybridized carbons (Fsp3) is 0.286. The number of rotatable bonds is 6. The van der Waals surface area contributed by atoms with Crippen molar-refractivity contribution in [1.82, 2.24) is 15.0 Å². The first-order chi connectivity index (χ1) is 9.69. The predicted molar refractivity (Wildman–Crippen MR) is 74.6 cm³/mol. The molecule has 2 heterocycles. The second-order valence-corrected chi connectivity index (χ2v) is 4.35. The van der Waals surface area contributed by atoms with Gasteiger partial charge in [-0.25, -0.2) is 19.7 Å². The molecule has 0 aromatic carbocycles. The molecule has 0 saturated heterocycles. The van der Waals surface area contributed by atoms with Gasteiger partial charge in [-0.2, -0.15) is 0 Å². The molecule has 20 heavy (non-hydrogen) atoms. The quantitative estimate of drug-likeness (QED) is 0.837. The average molecular weight is 272 g/mol. The summed E-state index contributed by atoms with van der Waals surface area (Å²) in [4.78, 5) is 22.9. The van der Waals surface area contributed by atoms with Crippen LogP contribution in [0.5, 0.6) is 0 Å². The van der Waals surface area contributed by atoms with Crippen molar-refractivity contribution in [3.8, 4) is 0 Å². The minimum absolute atomic E-state index is 0.0426. The summed E-state index contributed by atoms with van der Waals surface area (Å²) in [5, 5.41) is 11.9. The number of aromatic nitrogens is 3. The normalized spacial score (nSPS) is 10.2. The van der Waals surface area contributed by atoms with Crippen molar-refractivity contribution in [3.63, 3.8) is 0 Å². The molecule has 0 amide bonds. The second-order valence-electron chi connectivity index (χ2n) is 4.35. The van der Waals surface area contributed by atoms with E-state index < -0.39 is 5.97 Å². The highest BCUT2D eigenvalue weighted by Gasteiger charge is 2.04. The van der Waals surface area contributed by atoms with E-state index in [1.54, 1.807) is 18.6 Å². The maximum Gasteiger partial charge on any atom is 0.354 e. The number of hydrogen-bond acceptors (Lipinski definition) is 5. The zero-order valence-corrected chi connectivity index (χ0v) is 11.2. The van der Waals surface area contributed by atoms with Crippen molar-refractivity contribution < 1.29 is 9.90 Å². The van der Waals surface area contributed by atoms with Gasteiger partial charge in [0.1, 0.15) is 17.8 Å². The van der Waals surface area contributed by atoms with E-state index in [9.17, 15) is 4.79 Å². The SMILES string of the molecule is CCCc1cc(NCc2ccc(C(=O)O)nc2)ncn1. The highest BCUT2D eigenvalue weighted by molar-refractivity contribution is 5.85. The van der Waals surface area contributed by atoms with Gasteiger partial charge in [-0.05, 0) is 18.1 Å². The van der Waals surface area contributed by atoms with Gasteiger partial charge in [-0.3, -0.25) is 0 Å². The van der Waals surface area contributed by atoms with Crippen molar-refractivity contribution in [3.05, 3.63) is 47.7 Å². The number of nitrogens with one attached hydrogen (secondary N) is 1. The van der Waals surface area contributed by atoms with E-state index in [-0.39, 0.29) is 5.69 Å². The molecule has 0 aliphatic rings. The summed E-state index contributed by atoms with van der Waals surface area (Å²) in [6, 6.07) is 5.14. The largest absolute Gasteiger partial charge is 0.477 e. The van der Waals surface area contributed by atoms with Gasteiger partial charge >= 0.3 is 5.97 Å². The first-order valence-electron chi connectivity index (χ1n) is 6.42. The molecule has 2 aromatic heterocycles. The Balaban J connectivity index is 1.97. The van der Waals surface area contributed by atoms with Crippen molar-refractivity contribution in [1.29, 1.82) is 0 Å². The van der Waals surface area contributed by atoms with Gasteiger partial charge < -0.3 is 10.4 Å². The molecule has 0 unspecified atom stereocenters. The summed E-state index contributed by atoms with van der Waals surface area (Å²) >= 11 is 0. The van der Waals surface area contributed by atoms with E-state index >= 15 is 0 Å². The lowest BCUT2D eigenvalue weighted by molar-refractivity contribution is 0.0690. The molecule has 2 N–H and O–H groups in total. The summed E-state index contributed by atoms with van der Waals surface area (Å²) in [7, 11) is 0. The lowest BCUT2D eigenvalue weighted by Gasteiger charge is -2.06. The number of carboxylic acids is 1. The fourth-order valence-corrected chi connectivity index (χ4v) is 1.74. The monoisotopic (exact) mass is 272 g/mol. The zero-order chi connectivity index (χ0) is 14.4. The van der Waals surface area contributed by atoms with E-state index in [1.165, 1.54) is 6.07 Å². The Morgan fingerprint density at radius 3 is 2.80 bits per heavy atom. The van der Waals surface area contributed by atoms with Crippen LogP contribution in [0.15, 0.2) is 30.7 Å². The van der Waals surface area contributed by atoms with E-state index in [2.05, 4.69) is 27.2 Å². The Labute approximate surface area is 116 Å². The Hall–Kier alpha value is -2.50. The van der Waals surface area contributed by atoms with Crippen LogP contribution < -0.4 is 5.32 Å². The molecule has 0 spiro atoms. The Kier molecular flexibility index (Phi) is 4.60. The molecule has 2 aromatic rings. The number of nitrogens with zero attached hydrogens (tertiary/aromatic N) is 3. The van der Waals surface area contributed by atoms with E-state index in [4.69, 9.17) is 5.11 Å². The Morgan fingerprint density at radius 2 is 2.15 bits per heavy atom. The van der Waals surface area contributed by atoms with Crippen LogP contribution in [0.4, 0.5) is 5.82 Å². The summed E-state index contributed by atoms with van der Waals surface area (Å²) in [6.07, 6.45) is 5.05. The minimum atomic E-state index is -1.02. The third-order valence-electron chi connectivity index (χ3n) is 2.75. The molecule has 104 valence electrons. The van der Waals surface area contributed by atoms with Crippen LogP contribution in [-0.2, 0) is 13.0 Å². The first-order valence-corrected chi connectivity index (χ1v) is 6.42. The topological polar surface area (TPSA) is 88.0 Å². The van der Waals surface area contributed by atoms with Crippen LogP contribution >= 0.6 is 0 Å². The number of aryl methyl sites for hydroxylation is 1. The number of anilines is 1. The maximum absolute atomic E-state index is 10.7. The number of hydrogen-bond donors (Lipinski definition) is 2. The molecular formula is C14H16N4O2. The van der Waals surface area contributed by atoms with Gasteiger partial charge in [0.25, 0.3) is 0 Å². The lowest BCUT2D eigenvalue weighted by Crippen LogP contribution is -2.05. The molecule has 0 radical (unpaired) electrons. The molecule has 6 heteroatoms. The van der Waals surface area contributed by atoms with Gasteiger partial charge in [0.2, 0.25) is 0 Å². The summed E-state index contributed by atoms with van der Waals surface area (Å²) in [6.45, 7) is 2.64. The highest BCUT2D eigenvalue weighted by atomic mass is 16.4. The van der Waals surface area contributed by atoms with Gasteiger partial charge in [0.05, 0.1) is 0 Å². The Morgan fingerprint density at radius 1 is 1.30 bits per heavy atom. The van der Waals surface area contributed by atoms with Crippen LogP contribution in [0.25, 0.3) is 0 Å². The Bertz CT molecular complexity index is 584. The van der Waals surface area contributed by atoms with Gasteiger partial charge in [-0.1, -0.05) is 19.4 Å². The molecule has 0 aliphatic carbocycles. The number of pyridine rings is 1. The number of carboxylic acid groups (broad SMARTS) is 1. The lowest BCUT2D eigenvalue weighted by atomic mass is 10.2. The molecule has 0 aliphatic heterocycles. The second kappa shape index (κ2) is 6.60. The van der Waals surface area contributed by atoms with E-state index in [0.29, 0.717) is 6.54 Å². The molecular weight excluding hydrogens is 256 g/mol. The molecule has 0 atom stereocenters. The predicted octanol–water partition coefficient (Wildman–Crippen LogP) is 2.13. The molecule has 6 nitrogen and oxygen atoms in total. The van der Waals surface area contributed by atoms with Crippen LogP contribution in [0.2, 0.25) is 0 Å². The van der Waals surface area contributed by atoms with Crippen molar-refractivity contribution >= 4 is 11.8 Å². The van der Waals surface area contributed by atoms with Crippen molar-refractivity contribution in [2.24, 2.45) is 0 Å². The van der Waals surface area contributed by atoms with Crippen LogP contribution in [0, 0.1) is 0 Å². The third-order valence-corrected chi connectivity index (χ3v) is 2.75. The average Bonchev–Trinajstić information content (AvgIpc) is 2.46. The number of carbonyl (C=O) groups is 1. The van der Waals surface area contributed by atoms with E-state index in [0.717, 1.165) is 29.9 Å². The molecule has 0 saturated carbocycles. The molecule has 0 fully saturated rings.